The number of carbonyl (C=O) groups is 4. The van der Waals surface area contributed by atoms with E-state index in [1.165, 1.54) is 18.2 Å². The fraction of sp³-hybridized carbons (Fsp3) is 0.241. The molecule has 0 heterocycles. The minimum Gasteiger partial charge on any atom is -0.478 e. The number of hydrogen-bond acceptors (Lipinski definition) is 7. The topological polar surface area (TPSA) is 116 Å². The average Bonchev–Trinajstić information content (AvgIpc) is 2.90. The van der Waals surface area contributed by atoms with Crippen molar-refractivity contribution in [3.8, 4) is 5.75 Å². The van der Waals surface area contributed by atoms with E-state index in [0.717, 1.165) is 11.1 Å². The van der Waals surface area contributed by atoms with Crippen molar-refractivity contribution in [3.05, 3.63) is 100 Å². The number of hydrogen-bond donors (Lipinski definition) is 1. The molecule has 0 spiro atoms. The van der Waals surface area contributed by atoms with Crippen molar-refractivity contribution in [1.29, 1.82) is 0 Å². The van der Waals surface area contributed by atoms with Crippen molar-refractivity contribution in [2.45, 2.75) is 33.0 Å². The van der Waals surface area contributed by atoms with Crippen LogP contribution in [0, 0.1) is 5.92 Å². The Hall–Kier alpha value is -4.46. The molecule has 1 atom stereocenters. The Morgan fingerprint density at radius 3 is 2.30 bits per heavy atom. The Morgan fingerprint density at radius 2 is 1.65 bits per heavy atom. The third kappa shape index (κ3) is 7.51. The third-order valence-corrected chi connectivity index (χ3v) is 5.45. The smallest absolute Gasteiger partial charge is 0.338 e. The maximum Gasteiger partial charge on any atom is 0.338 e. The Balaban J connectivity index is 1.82. The molecule has 1 unspecified atom stereocenters. The molecule has 8 nitrogen and oxygen atoms in total. The molecule has 0 saturated carbocycles. The number of carbonyl (C=O) groups excluding carboxylic acids is 3. The van der Waals surface area contributed by atoms with Crippen LogP contribution in [-0.4, -0.2) is 36.4 Å². The monoisotopic (exact) mass is 504 g/mol. The lowest BCUT2D eigenvalue weighted by atomic mass is 9.99. The average molecular weight is 505 g/mol. The molecule has 0 aromatic heterocycles. The SMILES string of the molecule is CC(C)COC(=O)c1ccc(Cc2ccccc2OC(C=O)c2cc(COC=O)ccc2C(=O)O)cc1. The van der Waals surface area contributed by atoms with Crippen molar-refractivity contribution in [2.24, 2.45) is 5.92 Å². The summed E-state index contributed by atoms with van der Waals surface area (Å²) in [6.07, 6.45) is -0.232. The van der Waals surface area contributed by atoms with Gasteiger partial charge in [-0.3, -0.25) is 9.59 Å². The first-order chi connectivity index (χ1) is 17.8. The van der Waals surface area contributed by atoms with Crippen LogP contribution in [0.25, 0.3) is 0 Å². The first-order valence-corrected chi connectivity index (χ1v) is 11.7. The number of aldehydes is 1. The summed E-state index contributed by atoms with van der Waals surface area (Å²) < 4.78 is 16.0. The molecule has 3 rings (SSSR count). The fourth-order valence-electron chi connectivity index (χ4n) is 3.63. The molecule has 0 bridgehead atoms. The highest BCUT2D eigenvalue weighted by Gasteiger charge is 2.22. The van der Waals surface area contributed by atoms with Gasteiger partial charge in [0.15, 0.2) is 12.4 Å². The molecule has 0 radical (unpaired) electrons. The lowest BCUT2D eigenvalue weighted by molar-refractivity contribution is -0.129. The minimum atomic E-state index is -1.21. The molecule has 3 aromatic carbocycles. The predicted octanol–water partition coefficient (Wildman–Crippen LogP) is 4.78. The Morgan fingerprint density at radius 1 is 0.946 bits per heavy atom. The van der Waals surface area contributed by atoms with Crippen LogP contribution in [0.3, 0.4) is 0 Å². The van der Waals surface area contributed by atoms with Gasteiger partial charge in [0, 0.05) is 12.0 Å². The van der Waals surface area contributed by atoms with E-state index in [4.69, 9.17) is 14.2 Å². The van der Waals surface area contributed by atoms with E-state index in [9.17, 15) is 24.3 Å². The lowest BCUT2D eigenvalue weighted by Gasteiger charge is -2.19. The van der Waals surface area contributed by atoms with Crippen LogP contribution in [-0.2, 0) is 32.1 Å². The zero-order valence-electron chi connectivity index (χ0n) is 20.6. The van der Waals surface area contributed by atoms with E-state index >= 15 is 0 Å². The molecule has 0 fully saturated rings. The van der Waals surface area contributed by atoms with Crippen LogP contribution in [0.1, 0.15) is 62.9 Å². The Labute approximate surface area is 214 Å². The van der Waals surface area contributed by atoms with E-state index < -0.39 is 12.1 Å². The van der Waals surface area contributed by atoms with Crippen molar-refractivity contribution in [2.75, 3.05) is 6.61 Å². The molecule has 0 aliphatic carbocycles. The van der Waals surface area contributed by atoms with E-state index in [1.54, 1.807) is 24.3 Å². The number of carboxylic acids is 1. The summed E-state index contributed by atoms with van der Waals surface area (Å²) in [6.45, 7) is 4.49. The van der Waals surface area contributed by atoms with Crippen LogP contribution in [0.2, 0.25) is 0 Å². The molecule has 0 aliphatic heterocycles. The van der Waals surface area contributed by atoms with Crippen molar-refractivity contribution in [3.63, 3.8) is 0 Å². The van der Waals surface area contributed by atoms with Gasteiger partial charge in [-0.25, -0.2) is 9.59 Å². The van der Waals surface area contributed by atoms with Gasteiger partial charge in [0.05, 0.1) is 17.7 Å². The van der Waals surface area contributed by atoms with Crippen LogP contribution in [0.15, 0.2) is 66.7 Å². The van der Waals surface area contributed by atoms with Crippen LogP contribution >= 0.6 is 0 Å². The molecule has 1 N–H and O–H groups in total. The molecule has 192 valence electrons. The summed E-state index contributed by atoms with van der Waals surface area (Å²) in [6, 6.07) is 18.5. The second kappa shape index (κ2) is 13.0. The van der Waals surface area contributed by atoms with E-state index in [0.29, 0.717) is 36.2 Å². The number of para-hydroxylation sites is 1. The highest BCUT2D eigenvalue weighted by atomic mass is 16.5. The predicted molar refractivity (Wildman–Crippen MR) is 134 cm³/mol. The zero-order chi connectivity index (χ0) is 26.8. The van der Waals surface area contributed by atoms with Crippen molar-refractivity contribution < 1.29 is 38.5 Å². The summed E-state index contributed by atoms with van der Waals surface area (Å²) >= 11 is 0. The van der Waals surface area contributed by atoms with Gasteiger partial charge in [-0.05, 0) is 52.9 Å². The molecule has 0 saturated heterocycles. The van der Waals surface area contributed by atoms with Crippen molar-refractivity contribution >= 4 is 24.7 Å². The standard InChI is InChI=1S/C29H28O8/c1-19(2)16-36-29(34)22-10-7-20(8-11-22)13-23-5-3-4-6-26(23)37-27(15-30)25-14-21(17-35-18-31)9-12-24(25)28(32)33/h3-12,14-15,18-19,27H,13,16-17H2,1-2H3,(H,32,33). The number of rotatable bonds is 13. The van der Waals surface area contributed by atoms with Crippen LogP contribution < -0.4 is 4.74 Å². The summed E-state index contributed by atoms with van der Waals surface area (Å²) in [5, 5.41) is 9.62. The van der Waals surface area contributed by atoms with E-state index in [-0.39, 0.29) is 36.1 Å². The quantitative estimate of drug-likeness (QED) is 0.261. The first kappa shape index (κ1) is 27.1. The van der Waals surface area contributed by atoms with Gasteiger partial charge in [-0.15, -0.1) is 0 Å². The molecule has 8 heteroatoms. The fourth-order valence-corrected chi connectivity index (χ4v) is 3.63. The van der Waals surface area contributed by atoms with E-state index in [2.05, 4.69) is 0 Å². The Kier molecular flexibility index (Phi) is 9.55. The van der Waals surface area contributed by atoms with Gasteiger partial charge in [0.1, 0.15) is 12.4 Å². The molecular weight excluding hydrogens is 476 g/mol. The third-order valence-electron chi connectivity index (χ3n) is 5.45. The van der Waals surface area contributed by atoms with Gasteiger partial charge >= 0.3 is 11.9 Å². The molecular formula is C29H28O8. The molecule has 0 amide bonds. The highest BCUT2D eigenvalue weighted by molar-refractivity contribution is 5.91. The molecule has 3 aromatic rings. The highest BCUT2D eigenvalue weighted by Crippen LogP contribution is 2.29. The molecule has 0 aliphatic rings. The number of ether oxygens (including phenoxy) is 3. The van der Waals surface area contributed by atoms with E-state index in [1.807, 2.05) is 38.1 Å². The van der Waals surface area contributed by atoms with Gasteiger partial charge < -0.3 is 19.3 Å². The van der Waals surface area contributed by atoms with Gasteiger partial charge in [-0.2, -0.15) is 0 Å². The van der Waals surface area contributed by atoms with Gasteiger partial charge in [0.25, 0.3) is 6.47 Å². The zero-order valence-corrected chi connectivity index (χ0v) is 20.6. The second-order valence-electron chi connectivity index (χ2n) is 8.78. The summed E-state index contributed by atoms with van der Waals surface area (Å²) in [7, 11) is 0. The lowest BCUT2D eigenvalue weighted by Crippen LogP contribution is -2.15. The number of esters is 1. The number of benzene rings is 3. The normalized spacial score (nSPS) is 11.4. The number of carboxylic acid groups (broad SMARTS) is 1. The maximum atomic E-state index is 12.2. The van der Waals surface area contributed by atoms with Crippen LogP contribution in [0.4, 0.5) is 0 Å². The summed E-state index contributed by atoms with van der Waals surface area (Å²) in [5.74, 6) is -0.944. The minimum absolute atomic E-state index is 0.0699. The van der Waals surface area contributed by atoms with Gasteiger partial charge in [-0.1, -0.05) is 50.2 Å². The van der Waals surface area contributed by atoms with Gasteiger partial charge in [0.2, 0.25) is 0 Å². The summed E-state index contributed by atoms with van der Waals surface area (Å²) in [4.78, 5) is 46.5. The largest absolute Gasteiger partial charge is 0.478 e. The first-order valence-electron chi connectivity index (χ1n) is 11.7. The Bertz CT molecular complexity index is 1250. The van der Waals surface area contributed by atoms with Crippen LogP contribution in [0.5, 0.6) is 5.75 Å². The second-order valence-corrected chi connectivity index (χ2v) is 8.78. The van der Waals surface area contributed by atoms with Crippen molar-refractivity contribution in [1.82, 2.24) is 0 Å². The molecule has 37 heavy (non-hydrogen) atoms. The number of aromatic carboxylic acids is 1. The maximum absolute atomic E-state index is 12.2. The summed E-state index contributed by atoms with van der Waals surface area (Å²) in [5.41, 5.74) is 2.69.